The number of alkyl halides is 35. The quantitative estimate of drug-likeness (QED) is 0.153. The summed E-state index contributed by atoms with van der Waals surface area (Å²) in [5, 5.41) is 0. The van der Waals surface area contributed by atoms with Crippen molar-refractivity contribution in [2.24, 2.45) is 0 Å². The summed E-state index contributed by atoms with van der Waals surface area (Å²) in [6, 6.07) is 0. The molecule has 0 aliphatic carbocycles. The van der Waals surface area contributed by atoms with Crippen molar-refractivity contribution in [1.82, 2.24) is 0 Å². The Morgan fingerprint density at radius 1 is 0.246 bits per heavy atom. The summed E-state index contributed by atoms with van der Waals surface area (Å²) in [4.78, 5) is 0. The van der Waals surface area contributed by atoms with Crippen LogP contribution in [0.25, 0.3) is 0 Å². The molecule has 0 aromatic rings. The second-order valence-electron chi connectivity index (χ2n) is 9.41. The van der Waals surface area contributed by atoms with E-state index in [9.17, 15) is 154 Å². The highest BCUT2D eigenvalue weighted by atomic mass is 19.5. The van der Waals surface area contributed by atoms with Gasteiger partial charge in [-0.2, -0.15) is 149 Å². The average Bonchev–Trinajstić information content (AvgIpc) is 2.87. The van der Waals surface area contributed by atoms with Crippen LogP contribution in [0, 0.1) is 0 Å². The van der Waals surface area contributed by atoms with Crippen molar-refractivity contribution >= 4 is 0 Å². The van der Waals surface area contributed by atoms with Crippen LogP contribution in [-0.4, -0.2) is 103 Å². The van der Waals surface area contributed by atoms with E-state index in [1.54, 1.807) is 0 Å². The first kappa shape index (κ1) is 54.3. The Bertz CT molecular complexity index is 1380. The first-order chi connectivity index (χ1) is 24.0. The van der Waals surface area contributed by atoms with Crippen LogP contribution in [0.3, 0.4) is 0 Å². The van der Waals surface area contributed by atoms with Crippen molar-refractivity contribution in [2.75, 3.05) is 0 Å². The second kappa shape index (κ2) is 14.2. The Kier molecular flexibility index (Phi) is 13.6. The van der Waals surface area contributed by atoms with Crippen molar-refractivity contribution < 1.29 is 177 Å². The molecule has 0 unspecified atom stereocenters. The Morgan fingerprint density at radius 3 is 0.614 bits per heavy atom. The van der Waals surface area contributed by atoms with Gasteiger partial charge in [-0.3, -0.25) is 23.7 Å². The molecule has 0 N–H and O–H groups in total. The van der Waals surface area contributed by atoms with Crippen molar-refractivity contribution in [1.29, 1.82) is 0 Å². The predicted molar refractivity (Wildman–Crippen MR) is 91.7 cm³/mol. The van der Waals surface area contributed by atoms with Gasteiger partial charge in [-0.1, -0.05) is 0 Å². The van der Waals surface area contributed by atoms with Gasteiger partial charge in [0.05, 0.1) is 0 Å². The summed E-state index contributed by atoms with van der Waals surface area (Å²) in [7, 11) is 0. The zero-order chi connectivity index (χ0) is 47.1. The lowest BCUT2D eigenvalue weighted by atomic mass is 10.2. The third-order valence-electron chi connectivity index (χ3n) is 5.26. The summed E-state index contributed by atoms with van der Waals surface area (Å²) in [5.74, 6) is -45.6. The van der Waals surface area contributed by atoms with Crippen LogP contribution in [0.5, 0.6) is 0 Å². The SMILES string of the molecule is F[C@@H](OC(F)(F)[C@@](F)(OC(F)(F)[C@](F)(OC(F)(F)[C@](F)(OC(F)(F)[C@](F)(OC(F)(F)C(F)(F)C(F)(F)F)C(F)(F)F)C(F)(F)F)C(F)(F)F)C(F)(F)F)C(F)(F)F. The Labute approximate surface area is 282 Å². The fraction of sp³-hybridized carbons (Fsp3) is 1.00. The van der Waals surface area contributed by atoms with E-state index < -0.39 is 103 Å². The third kappa shape index (κ3) is 9.40. The van der Waals surface area contributed by atoms with Gasteiger partial charge in [-0.05, 0) is 0 Å². The summed E-state index contributed by atoms with van der Waals surface area (Å²) in [6.45, 7) is 0. The molecule has 0 amide bonds. The molecule has 5 atom stereocenters. The van der Waals surface area contributed by atoms with Crippen molar-refractivity contribution in [3.8, 4) is 0 Å². The van der Waals surface area contributed by atoms with Crippen LogP contribution in [0.15, 0.2) is 0 Å². The van der Waals surface area contributed by atoms with Gasteiger partial charge in [0.15, 0.2) is 0 Å². The van der Waals surface area contributed by atoms with Crippen LogP contribution in [0.4, 0.5) is 154 Å². The van der Waals surface area contributed by atoms with Crippen LogP contribution in [0.2, 0.25) is 0 Å². The molecule has 5 nitrogen and oxygen atoms in total. The molecule has 0 aromatic heterocycles. The molecular formula is C17HF35O5. The third-order valence-corrected chi connectivity index (χ3v) is 5.26. The van der Waals surface area contributed by atoms with E-state index in [1.165, 1.54) is 4.74 Å². The monoisotopic (exact) mass is 950 g/mol. The highest BCUT2D eigenvalue weighted by Gasteiger charge is 2.91. The number of rotatable bonds is 15. The smallest absolute Gasteiger partial charge is 0.272 e. The fourth-order valence-corrected chi connectivity index (χ4v) is 2.53. The Balaban J connectivity index is 7.87. The molecule has 0 bridgehead atoms. The largest absolute Gasteiger partial charge is 0.462 e. The van der Waals surface area contributed by atoms with Gasteiger partial charge in [-0.25, -0.2) is 4.39 Å². The van der Waals surface area contributed by atoms with E-state index >= 15 is 0 Å². The minimum atomic E-state index is -9.53. The van der Waals surface area contributed by atoms with Gasteiger partial charge < -0.3 is 0 Å². The van der Waals surface area contributed by atoms with Crippen molar-refractivity contribution in [3.05, 3.63) is 0 Å². The lowest BCUT2D eigenvalue weighted by Gasteiger charge is -2.44. The molecule has 344 valence electrons. The predicted octanol–water partition coefficient (Wildman–Crippen LogP) is 11.0. The molecule has 0 aromatic carbocycles. The fourth-order valence-electron chi connectivity index (χ4n) is 2.53. The minimum absolute atomic E-state index is 0.705. The lowest BCUT2D eigenvalue weighted by molar-refractivity contribution is -0.599. The van der Waals surface area contributed by atoms with Gasteiger partial charge in [0, 0.05) is 0 Å². The van der Waals surface area contributed by atoms with Crippen LogP contribution in [0.1, 0.15) is 0 Å². The maximum absolute atomic E-state index is 14.5. The van der Waals surface area contributed by atoms with Crippen LogP contribution < -0.4 is 0 Å². The summed E-state index contributed by atoms with van der Waals surface area (Å²) in [6.07, 6.45) is -103. The zero-order valence-corrected chi connectivity index (χ0v) is 23.8. The molecule has 0 heterocycles. The molecule has 0 saturated carbocycles. The molecule has 0 aliphatic heterocycles. The molecular weight excluding hydrogens is 949 g/mol. The summed E-state index contributed by atoms with van der Waals surface area (Å²) < 4.78 is 467. The number of halogens is 35. The molecule has 40 heteroatoms. The van der Waals surface area contributed by atoms with Gasteiger partial charge in [0.2, 0.25) is 0 Å². The zero-order valence-electron chi connectivity index (χ0n) is 23.8. The van der Waals surface area contributed by atoms with Crippen LogP contribution in [-0.2, 0) is 23.7 Å². The molecule has 0 radical (unpaired) electrons. The lowest BCUT2D eigenvalue weighted by Crippen LogP contribution is -2.72. The normalized spacial score (nSPS) is 20.7. The summed E-state index contributed by atoms with van der Waals surface area (Å²) >= 11 is 0. The van der Waals surface area contributed by atoms with E-state index in [4.69, 9.17) is 0 Å². The van der Waals surface area contributed by atoms with Crippen LogP contribution >= 0.6 is 0 Å². The Morgan fingerprint density at radius 2 is 0.439 bits per heavy atom. The Hall–Kier alpha value is -2.65. The highest BCUT2D eigenvalue weighted by Crippen LogP contribution is 2.62. The maximum atomic E-state index is 14.5. The first-order valence-corrected chi connectivity index (χ1v) is 11.5. The van der Waals surface area contributed by atoms with Gasteiger partial charge in [-0.15, -0.1) is 0 Å². The molecule has 0 saturated heterocycles. The average molecular weight is 950 g/mol. The molecule has 57 heavy (non-hydrogen) atoms. The number of ether oxygens (including phenoxy) is 5. The molecule has 0 spiro atoms. The molecule has 0 fully saturated rings. The molecule has 0 rings (SSSR count). The number of hydrogen-bond acceptors (Lipinski definition) is 5. The maximum Gasteiger partial charge on any atom is 0.462 e. The van der Waals surface area contributed by atoms with E-state index in [-0.39, 0.29) is 0 Å². The minimum Gasteiger partial charge on any atom is -0.272 e. The van der Waals surface area contributed by atoms with E-state index in [1.807, 2.05) is 0 Å². The van der Waals surface area contributed by atoms with Gasteiger partial charge >= 0.3 is 96.9 Å². The van der Waals surface area contributed by atoms with E-state index in [0.717, 1.165) is 9.47 Å². The van der Waals surface area contributed by atoms with Gasteiger partial charge in [0.25, 0.3) is 6.36 Å². The van der Waals surface area contributed by atoms with E-state index in [0.29, 0.717) is 9.47 Å². The van der Waals surface area contributed by atoms with Crippen molar-refractivity contribution in [2.45, 2.75) is 103 Å². The topological polar surface area (TPSA) is 46.2 Å². The molecule has 0 aliphatic rings. The van der Waals surface area contributed by atoms with Gasteiger partial charge in [0.1, 0.15) is 0 Å². The second-order valence-corrected chi connectivity index (χ2v) is 9.41. The highest BCUT2D eigenvalue weighted by molar-refractivity contribution is 5.00. The standard InChI is InChI=1S/C17HF35O5/c18-1(2(19,20)21)53-14(45,46)4(24,9(31,32)33)55-16(49,50)6(26,11(37,38)39)57-17(51,52)7(27,12(40,41)42)56-15(47,48)5(25,10(34,35)36)54-13(43,44)3(22,23)8(28,29)30/h1H/t1-,4-,5+,6+,7+/m0/s1. The summed E-state index contributed by atoms with van der Waals surface area (Å²) in [5.41, 5.74) is 0. The number of hydrogen-bond donors (Lipinski definition) is 0. The first-order valence-electron chi connectivity index (χ1n) is 11.5. The van der Waals surface area contributed by atoms with Crippen molar-refractivity contribution in [3.63, 3.8) is 0 Å². The van der Waals surface area contributed by atoms with E-state index in [2.05, 4.69) is 0 Å².